The molecule has 0 fully saturated rings. The van der Waals surface area contributed by atoms with Crippen molar-refractivity contribution in [3.63, 3.8) is 0 Å². The van der Waals surface area contributed by atoms with E-state index in [4.69, 9.17) is 5.73 Å². The van der Waals surface area contributed by atoms with Gasteiger partial charge in [0.2, 0.25) is 0 Å². The van der Waals surface area contributed by atoms with Crippen LogP contribution < -0.4 is 35.3 Å². The Kier molecular flexibility index (Phi) is 3.87. The molecule has 0 saturated carbocycles. The maximum absolute atomic E-state index is 5.25. The molecule has 0 bridgehead atoms. The Hall–Kier alpha value is -0.0500. The van der Waals surface area contributed by atoms with E-state index in [9.17, 15) is 0 Å². The van der Waals surface area contributed by atoms with Crippen LogP contribution in [0.4, 0.5) is 5.82 Å². The number of pyridine rings is 1. The minimum Gasteiger partial charge on any atom is -1.00 e. The van der Waals surface area contributed by atoms with Crippen LogP contribution in [-0.2, 0) is 0 Å². The van der Waals surface area contributed by atoms with Crippen molar-refractivity contribution in [2.24, 2.45) is 0 Å². The number of anilines is 1. The third-order valence-corrected chi connectivity index (χ3v) is 0.688. The molecular weight excluding hydrogens is 111 g/mol. The van der Waals surface area contributed by atoms with Gasteiger partial charge < -0.3 is 7.16 Å². The summed E-state index contributed by atoms with van der Waals surface area (Å²) in [6, 6.07) is 5.43. The SMILES string of the molecule is Nc1ccccn1.[H-].[Na+]. The number of hydrogen-bond donors (Lipinski definition) is 1. The molecule has 1 aromatic heterocycles. The van der Waals surface area contributed by atoms with Crippen molar-refractivity contribution in [3.05, 3.63) is 24.4 Å². The first-order valence-electron chi connectivity index (χ1n) is 2.06. The second-order valence-electron chi connectivity index (χ2n) is 1.25. The summed E-state index contributed by atoms with van der Waals surface area (Å²) in [7, 11) is 0. The second kappa shape index (κ2) is 3.89. The quantitative estimate of drug-likeness (QED) is 0.392. The average Bonchev–Trinajstić information content (AvgIpc) is 1.69. The van der Waals surface area contributed by atoms with Crippen LogP contribution in [0.25, 0.3) is 0 Å². The molecule has 0 spiro atoms. The molecular formula is C5H7N2Na. The van der Waals surface area contributed by atoms with Crippen LogP contribution in [0.15, 0.2) is 24.4 Å². The summed E-state index contributed by atoms with van der Waals surface area (Å²) in [5.41, 5.74) is 5.25. The van der Waals surface area contributed by atoms with Crippen molar-refractivity contribution in [1.29, 1.82) is 0 Å². The van der Waals surface area contributed by atoms with Crippen molar-refractivity contribution in [1.82, 2.24) is 4.98 Å². The summed E-state index contributed by atoms with van der Waals surface area (Å²) in [6.07, 6.45) is 1.66. The van der Waals surface area contributed by atoms with Gasteiger partial charge in [-0.25, -0.2) is 4.98 Å². The summed E-state index contributed by atoms with van der Waals surface area (Å²) in [6.45, 7) is 0. The molecule has 0 amide bonds. The molecule has 3 heteroatoms. The predicted molar refractivity (Wildman–Crippen MR) is 29.8 cm³/mol. The van der Waals surface area contributed by atoms with Crippen molar-refractivity contribution < 1.29 is 31.0 Å². The Balaban J connectivity index is 0. The fourth-order valence-electron chi connectivity index (χ4n) is 0.376. The van der Waals surface area contributed by atoms with Crippen LogP contribution in [0.1, 0.15) is 1.43 Å². The van der Waals surface area contributed by atoms with Crippen LogP contribution in [0, 0.1) is 0 Å². The zero-order valence-electron chi connectivity index (χ0n) is 5.83. The van der Waals surface area contributed by atoms with Crippen LogP contribution >= 0.6 is 0 Å². The van der Waals surface area contributed by atoms with Gasteiger partial charge in [-0.1, -0.05) is 6.07 Å². The smallest absolute Gasteiger partial charge is 1.00 e. The van der Waals surface area contributed by atoms with E-state index in [1.807, 2.05) is 12.1 Å². The van der Waals surface area contributed by atoms with Crippen LogP contribution in [0.5, 0.6) is 0 Å². The summed E-state index contributed by atoms with van der Waals surface area (Å²) in [5.74, 6) is 0.572. The van der Waals surface area contributed by atoms with Gasteiger partial charge in [0.15, 0.2) is 0 Å². The van der Waals surface area contributed by atoms with E-state index >= 15 is 0 Å². The van der Waals surface area contributed by atoms with Crippen molar-refractivity contribution in [3.8, 4) is 0 Å². The van der Waals surface area contributed by atoms with Gasteiger partial charge in [-0.2, -0.15) is 0 Å². The maximum Gasteiger partial charge on any atom is 1.00 e. The molecule has 2 N–H and O–H groups in total. The molecule has 1 rings (SSSR count). The number of nitrogens with zero attached hydrogens (tertiary/aromatic N) is 1. The molecule has 1 heterocycles. The maximum atomic E-state index is 5.25. The zero-order chi connectivity index (χ0) is 5.11. The third kappa shape index (κ3) is 2.31. The van der Waals surface area contributed by atoms with Crippen molar-refractivity contribution >= 4 is 5.82 Å². The fourth-order valence-corrected chi connectivity index (χ4v) is 0.376. The van der Waals surface area contributed by atoms with Gasteiger partial charge in [-0.15, -0.1) is 0 Å². The summed E-state index contributed by atoms with van der Waals surface area (Å²) >= 11 is 0. The first kappa shape index (κ1) is 7.95. The molecule has 0 aliphatic rings. The normalized spacial score (nSPS) is 7.50. The predicted octanol–water partition coefficient (Wildman–Crippen LogP) is -2.22. The van der Waals surface area contributed by atoms with Gasteiger partial charge >= 0.3 is 29.6 Å². The molecule has 0 radical (unpaired) electrons. The van der Waals surface area contributed by atoms with E-state index < -0.39 is 0 Å². The number of rotatable bonds is 0. The molecule has 0 aliphatic carbocycles. The van der Waals surface area contributed by atoms with Gasteiger partial charge in [0, 0.05) is 6.20 Å². The van der Waals surface area contributed by atoms with Gasteiger partial charge in [0.25, 0.3) is 0 Å². The number of aromatic nitrogens is 1. The summed E-state index contributed by atoms with van der Waals surface area (Å²) < 4.78 is 0. The number of nitrogens with two attached hydrogens (primary N) is 1. The van der Waals surface area contributed by atoms with E-state index in [1.165, 1.54) is 0 Å². The molecule has 0 atom stereocenters. The molecule has 8 heavy (non-hydrogen) atoms. The van der Waals surface area contributed by atoms with E-state index in [0.29, 0.717) is 5.82 Å². The van der Waals surface area contributed by atoms with E-state index in [-0.39, 0.29) is 31.0 Å². The topological polar surface area (TPSA) is 38.9 Å². The van der Waals surface area contributed by atoms with Crippen LogP contribution in [0.3, 0.4) is 0 Å². The molecule has 1 aromatic rings. The van der Waals surface area contributed by atoms with E-state index in [1.54, 1.807) is 12.3 Å². The largest absolute Gasteiger partial charge is 1.00 e. The molecule has 0 aromatic carbocycles. The molecule has 2 nitrogen and oxygen atoms in total. The van der Waals surface area contributed by atoms with E-state index in [2.05, 4.69) is 4.98 Å². The molecule has 0 unspecified atom stereocenters. The molecule has 0 aliphatic heterocycles. The number of nitrogen functional groups attached to an aromatic ring is 1. The second-order valence-corrected chi connectivity index (χ2v) is 1.25. The minimum absolute atomic E-state index is 0. The molecule has 0 saturated heterocycles. The Morgan fingerprint density at radius 2 is 2.25 bits per heavy atom. The van der Waals surface area contributed by atoms with Gasteiger partial charge in [0.05, 0.1) is 0 Å². The first-order valence-corrected chi connectivity index (χ1v) is 2.06. The first-order chi connectivity index (χ1) is 3.39. The Morgan fingerprint density at radius 1 is 1.50 bits per heavy atom. The monoisotopic (exact) mass is 118 g/mol. The van der Waals surface area contributed by atoms with Crippen molar-refractivity contribution in [2.45, 2.75) is 0 Å². The van der Waals surface area contributed by atoms with Gasteiger partial charge in [0.1, 0.15) is 5.82 Å². The van der Waals surface area contributed by atoms with Gasteiger partial charge in [-0.05, 0) is 12.1 Å². The Labute approximate surface area is 71.9 Å². The molecule has 38 valence electrons. The Bertz CT molecular complexity index is 145. The van der Waals surface area contributed by atoms with Gasteiger partial charge in [-0.3, -0.25) is 0 Å². The number of hydrogen-bond acceptors (Lipinski definition) is 2. The third-order valence-electron chi connectivity index (χ3n) is 0.688. The standard InChI is InChI=1S/C5H6N2.Na.H/c6-5-3-1-2-4-7-5;;/h1-4H,(H2,6,7);;/q;+1;-1. The fraction of sp³-hybridized carbons (Fsp3) is 0. The average molecular weight is 118 g/mol. The summed E-state index contributed by atoms with van der Waals surface area (Å²) in [5, 5.41) is 0. The Morgan fingerprint density at radius 3 is 2.50 bits per heavy atom. The van der Waals surface area contributed by atoms with Crippen LogP contribution in [0.2, 0.25) is 0 Å². The van der Waals surface area contributed by atoms with E-state index in [0.717, 1.165) is 0 Å². The summed E-state index contributed by atoms with van der Waals surface area (Å²) in [4.78, 5) is 3.76. The van der Waals surface area contributed by atoms with Crippen LogP contribution in [-0.4, -0.2) is 4.98 Å². The van der Waals surface area contributed by atoms with Crippen molar-refractivity contribution in [2.75, 3.05) is 5.73 Å². The minimum atomic E-state index is 0. The zero-order valence-corrected chi connectivity index (χ0v) is 6.83.